The molecule has 0 spiro atoms. The molecule has 7 nitrogen and oxygen atoms in total. The monoisotopic (exact) mass is 302 g/mol. The Hall–Kier alpha value is -0.990. The summed E-state index contributed by atoms with van der Waals surface area (Å²) in [6, 6.07) is 0. The van der Waals surface area contributed by atoms with Gasteiger partial charge in [-0.15, -0.1) is 0 Å². The maximum absolute atomic E-state index is 11.8. The summed E-state index contributed by atoms with van der Waals surface area (Å²) in [4.78, 5) is 6.47. The molecule has 0 bridgehead atoms. The molecule has 20 heavy (non-hydrogen) atoms. The molecule has 1 fully saturated rings. The van der Waals surface area contributed by atoms with Gasteiger partial charge >= 0.3 is 0 Å². The summed E-state index contributed by atoms with van der Waals surface area (Å²) >= 11 is 0. The van der Waals surface area contributed by atoms with Crippen LogP contribution in [-0.4, -0.2) is 59.7 Å². The zero-order valence-corrected chi connectivity index (χ0v) is 13.1. The van der Waals surface area contributed by atoms with E-state index in [-0.39, 0.29) is 11.7 Å². The van der Waals surface area contributed by atoms with Crippen LogP contribution in [0.15, 0.2) is 4.52 Å². The van der Waals surface area contributed by atoms with E-state index in [0.717, 1.165) is 0 Å². The van der Waals surface area contributed by atoms with Gasteiger partial charge in [0.05, 0.1) is 12.3 Å². The summed E-state index contributed by atoms with van der Waals surface area (Å²) in [7, 11) is -3.07. The number of sulfonamides is 1. The Morgan fingerprint density at radius 2 is 1.90 bits per heavy atom. The van der Waals surface area contributed by atoms with Gasteiger partial charge in [0.15, 0.2) is 5.82 Å². The first-order valence-corrected chi connectivity index (χ1v) is 8.56. The van der Waals surface area contributed by atoms with Crippen molar-refractivity contribution in [2.45, 2.75) is 33.2 Å². The van der Waals surface area contributed by atoms with E-state index in [9.17, 15) is 8.42 Å². The molecule has 0 aliphatic carbocycles. The van der Waals surface area contributed by atoms with Gasteiger partial charge in [-0.2, -0.15) is 9.29 Å². The molecule has 8 heteroatoms. The van der Waals surface area contributed by atoms with Gasteiger partial charge in [0.25, 0.3) is 0 Å². The third-order valence-corrected chi connectivity index (χ3v) is 5.33. The van der Waals surface area contributed by atoms with Crippen molar-refractivity contribution < 1.29 is 12.9 Å². The van der Waals surface area contributed by atoms with Gasteiger partial charge < -0.3 is 4.52 Å². The van der Waals surface area contributed by atoms with Gasteiger partial charge in [0.1, 0.15) is 0 Å². The lowest BCUT2D eigenvalue weighted by Gasteiger charge is -2.32. The highest BCUT2D eigenvalue weighted by Gasteiger charge is 2.26. The Morgan fingerprint density at radius 3 is 2.40 bits per heavy atom. The number of hydrogen-bond acceptors (Lipinski definition) is 6. The number of hydrogen-bond donors (Lipinski definition) is 0. The van der Waals surface area contributed by atoms with Gasteiger partial charge in [0.2, 0.25) is 15.9 Å². The summed E-state index contributed by atoms with van der Waals surface area (Å²) in [5.74, 6) is 1.72. The van der Waals surface area contributed by atoms with Crippen LogP contribution in [0, 0.1) is 0 Å². The van der Waals surface area contributed by atoms with Crippen LogP contribution in [0.3, 0.4) is 0 Å². The molecule has 1 saturated heterocycles. The van der Waals surface area contributed by atoms with Crippen molar-refractivity contribution in [3.05, 3.63) is 11.7 Å². The highest BCUT2D eigenvalue weighted by molar-refractivity contribution is 7.89. The predicted molar refractivity (Wildman–Crippen MR) is 74.7 cm³/mol. The van der Waals surface area contributed by atoms with Crippen molar-refractivity contribution in [2.75, 3.05) is 31.9 Å². The summed E-state index contributed by atoms with van der Waals surface area (Å²) in [5, 5.41) is 3.93. The maximum atomic E-state index is 11.8. The van der Waals surface area contributed by atoms with Crippen molar-refractivity contribution in [3.8, 4) is 0 Å². The largest absolute Gasteiger partial charge is 0.338 e. The third-order valence-electron chi connectivity index (χ3n) is 3.45. The second-order valence-corrected chi connectivity index (χ2v) is 7.53. The quantitative estimate of drug-likeness (QED) is 0.795. The smallest absolute Gasteiger partial charge is 0.240 e. The molecular weight excluding hydrogens is 280 g/mol. The minimum absolute atomic E-state index is 0.161. The van der Waals surface area contributed by atoms with Crippen molar-refractivity contribution >= 4 is 10.0 Å². The molecule has 0 atom stereocenters. The molecule has 114 valence electrons. The average molecular weight is 302 g/mol. The highest BCUT2D eigenvalue weighted by Crippen LogP contribution is 2.13. The Bertz CT molecular complexity index is 533. The lowest BCUT2D eigenvalue weighted by atomic mass is 10.2. The van der Waals surface area contributed by atoms with Crippen LogP contribution in [0.4, 0.5) is 0 Å². The van der Waals surface area contributed by atoms with Crippen LogP contribution >= 0.6 is 0 Å². The van der Waals surface area contributed by atoms with Gasteiger partial charge in [-0.05, 0) is 6.92 Å². The van der Waals surface area contributed by atoms with E-state index in [2.05, 4.69) is 15.0 Å². The zero-order chi connectivity index (χ0) is 14.8. The SMILES string of the molecule is CCS(=O)(=O)N1CCN(Cc2nc(C(C)C)no2)CC1. The fourth-order valence-corrected chi connectivity index (χ4v) is 3.19. The van der Waals surface area contributed by atoms with E-state index in [4.69, 9.17) is 4.52 Å². The summed E-state index contributed by atoms with van der Waals surface area (Å²) in [5.41, 5.74) is 0. The minimum Gasteiger partial charge on any atom is -0.338 e. The molecule has 2 heterocycles. The van der Waals surface area contributed by atoms with Crippen molar-refractivity contribution in [3.63, 3.8) is 0 Å². The zero-order valence-electron chi connectivity index (χ0n) is 12.2. The van der Waals surface area contributed by atoms with Crippen LogP contribution < -0.4 is 0 Å². The molecule has 0 saturated carbocycles. The summed E-state index contributed by atoms with van der Waals surface area (Å²) in [6.45, 7) is 8.74. The summed E-state index contributed by atoms with van der Waals surface area (Å²) in [6.07, 6.45) is 0. The van der Waals surface area contributed by atoms with E-state index < -0.39 is 10.0 Å². The number of nitrogens with zero attached hydrogens (tertiary/aromatic N) is 4. The topological polar surface area (TPSA) is 79.5 Å². The van der Waals surface area contributed by atoms with Crippen LogP contribution in [0.5, 0.6) is 0 Å². The van der Waals surface area contributed by atoms with Gasteiger partial charge in [-0.1, -0.05) is 19.0 Å². The molecule has 0 radical (unpaired) electrons. The Kier molecular flexibility index (Phi) is 4.77. The maximum Gasteiger partial charge on any atom is 0.240 e. The first-order chi connectivity index (χ1) is 9.42. The van der Waals surface area contributed by atoms with E-state index in [0.29, 0.717) is 44.4 Å². The number of aromatic nitrogens is 2. The second-order valence-electron chi connectivity index (χ2n) is 5.28. The van der Waals surface area contributed by atoms with Crippen molar-refractivity contribution in [1.29, 1.82) is 0 Å². The van der Waals surface area contributed by atoms with Gasteiger partial charge in [-0.3, -0.25) is 4.90 Å². The van der Waals surface area contributed by atoms with E-state index in [1.165, 1.54) is 0 Å². The molecule has 1 aromatic heterocycles. The minimum atomic E-state index is -3.07. The number of rotatable bonds is 5. The van der Waals surface area contributed by atoms with E-state index >= 15 is 0 Å². The Labute approximate surface area is 120 Å². The molecular formula is C12H22N4O3S. The fourth-order valence-electron chi connectivity index (χ4n) is 2.11. The molecule has 0 amide bonds. The van der Waals surface area contributed by atoms with E-state index in [1.54, 1.807) is 11.2 Å². The molecule has 2 rings (SSSR count). The molecule has 0 unspecified atom stereocenters. The van der Waals surface area contributed by atoms with Crippen LogP contribution in [0.1, 0.15) is 38.4 Å². The van der Waals surface area contributed by atoms with Crippen LogP contribution in [0.2, 0.25) is 0 Å². The average Bonchev–Trinajstić information content (AvgIpc) is 2.88. The van der Waals surface area contributed by atoms with Gasteiger partial charge in [-0.25, -0.2) is 8.42 Å². The number of piperazine rings is 1. The van der Waals surface area contributed by atoms with Gasteiger partial charge in [0, 0.05) is 32.1 Å². The highest BCUT2D eigenvalue weighted by atomic mass is 32.2. The Morgan fingerprint density at radius 1 is 1.25 bits per heavy atom. The van der Waals surface area contributed by atoms with Crippen molar-refractivity contribution in [2.24, 2.45) is 0 Å². The normalized spacial score (nSPS) is 18.8. The van der Waals surface area contributed by atoms with Crippen LogP contribution in [-0.2, 0) is 16.6 Å². The lowest BCUT2D eigenvalue weighted by molar-refractivity contribution is 0.163. The first-order valence-electron chi connectivity index (χ1n) is 6.95. The second kappa shape index (κ2) is 6.19. The Balaban J connectivity index is 1.88. The summed E-state index contributed by atoms with van der Waals surface area (Å²) < 4.78 is 30.3. The predicted octanol–water partition coefficient (Wildman–Crippen LogP) is 0.660. The molecule has 1 aromatic rings. The fraction of sp³-hybridized carbons (Fsp3) is 0.833. The molecule has 0 N–H and O–H groups in total. The molecule has 1 aliphatic heterocycles. The van der Waals surface area contributed by atoms with E-state index in [1.807, 2.05) is 13.8 Å². The third kappa shape index (κ3) is 3.56. The standard InChI is InChI=1S/C12H22N4O3S/c1-4-20(17,18)16-7-5-15(6-8-16)9-11-13-12(10(2)3)14-19-11/h10H,4-9H2,1-3H3. The van der Waals surface area contributed by atoms with Crippen molar-refractivity contribution in [1.82, 2.24) is 19.3 Å². The molecule has 1 aliphatic rings. The van der Waals surface area contributed by atoms with Crippen LogP contribution in [0.25, 0.3) is 0 Å². The lowest BCUT2D eigenvalue weighted by Crippen LogP contribution is -2.48. The molecule has 0 aromatic carbocycles. The first kappa shape index (κ1) is 15.4.